The third-order valence-corrected chi connectivity index (χ3v) is 5.11. The summed E-state index contributed by atoms with van der Waals surface area (Å²) in [5.41, 5.74) is 6.91. The van der Waals surface area contributed by atoms with Crippen LogP contribution in [0.1, 0.15) is 11.1 Å². The van der Waals surface area contributed by atoms with E-state index in [1.165, 1.54) is 23.5 Å². The molecule has 0 aliphatic heterocycles. The minimum atomic E-state index is -3.69. The number of aliphatic hydroxyl groups is 1. The van der Waals surface area contributed by atoms with Crippen LogP contribution in [0.25, 0.3) is 0 Å². The SMILES string of the molecule is COCCN(CCO)S(=O)(=O)c1ccc(C(N)=S)c(C)c1. The molecule has 118 valence electrons. The maximum atomic E-state index is 12.6. The Kier molecular flexibility index (Phi) is 6.69. The zero-order valence-electron chi connectivity index (χ0n) is 12.1. The summed E-state index contributed by atoms with van der Waals surface area (Å²) in [7, 11) is -2.20. The monoisotopic (exact) mass is 332 g/mol. The number of benzene rings is 1. The highest BCUT2D eigenvalue weighted by molar-refractivity contribution is 7.89. The van der Waals surface area contributed by atoms with Gasteiger partial charge in [-0.3, -0.25) is 0 Å². The maximum absolute atomic E-state index is 12.6. The zero-order valence-corrected chi connectivity index (χ0v) is 13.7. The second-order valence-corrected chi connectivity index (χ2v) is 6.84. The molecule has 0 radical (unpaired) electrons. The summed E-state index contributed by atoms with van der Waals surface area (Å²) in [6, 6.07) is 4.59. The number of thiocarbonyl (C=S) groups is 1. The van der Waals surface area contributed by atoms with E-state index < -0.39 is 10.0 Å². The van der Waals surface area contributed by atoms with Gasteiger partial charge in [-0.25, -0.2) is 8.42 Å². The van der Waals surface area contributed by atoms with E-state index in [4.69, 9.17) is 27.8 Å². The molecule has 0 aliphatic rings. The number of sulfonamides is 1. The summed E-state index contributed by atoms with van der Waals surface area (Å²) in [6.07, 6.45) is 0. The van der Waals surface area contributed by atoms with Crippen LogP contribution in [-0.4, -0.2) is 56.2 Å². The molecule has 0 heterocycles. The highest BCUT2D eigenvalue weighted by Gasteiger charge is 2.24. The van der Waals surface area contributed by atoms with Gasteiger partial charge in [-0.2, -0.15) is 4.31 Å². The Morgan fingerprint density at radius 2 is 2.10 bits per heavy atom. The van der Waals surface area contributed by atoms with Crippen molar-refractivity contribution in [3.63, 3.8) is 0 Å². The predicted molar refractivity (Wildman–Crippen MR) is 84.8 cm³/mol. The third kappa shape index (κ3) is 4.45. The van der Waals surface area contributed by atoms with Crippen LogP contribution in [0.15, 0.2) is 23.1 Å². The van der Waals surface area contributed by atoms with E-state index >= 15 is 0 Å². The van der Waals surface area contributed by atoms with Crippen LogP contribution in [0.3, 0.4) is 0 Å². The molecule has 6 nitrogen and oxygen atoms in total. The summed E-state index contributed by atoms with van der Waals surface area (Å²) in [6.45, 7) is 1.94. The highest BCUT2D eigenvalue weighted by atomic mass is 32.2. The molecule has 0 fully saturated rings. The molecule has 1 aromatic rings. The number of hydrogen-bond donors (Lipinski definition) is 2. The van der Waals surface area contributed by atoms with Gasteiger partial charge in [-0.1, -0.05) is 18.3 Å². The van der Waals surface area contributed by atoms with Gasteiger partial charge >= 0.3 is 0 Å². The van der Waals surface area contributed by atoms with Crippen LogP contribution < -0.4 is 5.73 Å². The van der Waals surface area contributed by atoms with E-state index in [0.717, 1.165) is 0 Å². The minimum Gasteiger partial charge on any atom is -0.395 e. The Balaban J connectivity index is 3.15. The Morgan fingerprint density at radius 1 is 1.43 bits per heavy atom. The number of methoxy groups -OCH3 is 1. The van der Waals surface area contributed by atoms with Gasteiger partial charge in [0.25, 0.3) is 0 Å². The van der Waals surface area contributed by atoms with Gasteiger partial charge in [-0.05, 0) is 24.6 Å². The maximum Gasteiger partial charge on any atom is 0.243 e. The number of aryl methyl sites for hydroxylation is 1. The van der Waals surface area contributed by atoms with E-state index in [1.807, 2.05) is 0 Å². The van der Waals surface area contributed by atoms with E-state index in [-0.39, 0.29) is 36.2 Å². The molecule has 1 aromatic carbocycles. The predicted octanol–water partition coefficient (Wildman–Crippen LogP) is 0.259. The second kappa shape index (κ2) is 7.81. The van der Waals surface area contributed by atoms with E-state index in [9.17, 15) is 8.42 Å². The lowest BCUT2D eigenvalue weighted by atomic mass is 10.1. The van der Waals surface area contributed by atoms with Crippen LogP contribution in [0.4, 0.5) is 0 Å². The molecule has 3 N–H and O–H groups in total. The van der Waals surface area contributed by atoms with Crippen molar-refractivity contribution in [3.05, 3.63) is 29.3 Å². The van der Waals surface area contributed by atoms with Crippen molar-refractivity contribution >= 4 is 27.2 Å². The third-order valence-electron chi connectivity index (χ3n) is 3.00. The summed E-state index contributed by atoms with van der Waals surface area (Å²) in [5.74, 6) is 0. The number of rotatable bonds is 8. The van der Waals surface area contributed by atoms with Gasteiger partial charge in [0.1, 0.15) is 4.99 Å². The fourth-order valence-electron chi connectivity index (χ4n) is 1.88. The van der Waals surface area contributed by atoms with Crippen LogP contribution in [0, 0.1) is 6.92 Å². The summed E-state index contributed by atoms with van der Waals surface area (Å²) in [4.78, 5) is 0.368. The molecule has 0 aromatic heterocycles. The summed E-state index contributed by atoms with van der Waals surface area (Å²) >= 11 is 4.91. The van der Waals surface area contributed by atoms with Crippen molar-refractivity contribution in [1.29, 1.82) is 0 Å². The van der Waals surface area contributed by atoms with Gasteiger partial charge < -0.3 is 15.6 Å². The number of ether oxygens (including phenoxy) is 1. The first-order valence-electron chi connectivity index (χ1n) is 6.35. The lowest BCUT2D eigenvalue weighted by molar-refractivity contribution is 0.168. The fourth-order valence-corrected chi connectivity index (χ4v) is 3.61. The number of aliphatic hydroxyl groups excluding tert-OH is 1. The Morgan fingerprint density at radius 3 is 2.57 bits per heavy atom. The zero-order chi connectivity index (χ0) is 16.0. The lowest BCUT2D eigenvalue weighted by Gasteiger charge is -2.21. The molecule has 0 spiro atoms. The first-order valence-corrected chi connectivity index (χ1v) is 8.19. The van der Waals surface area contributed by atoms with Gasteiger partial charge in [-0.15, -0.1) is 0 Å². The number of nitrogens with zero attached hydrogens (tertiary/aromatic N) is 1. The first-order chi connectivity index (χ1) is 9.84. The highest BCUT2D eigenvalue weighted by Crippen LogP contribution is 2.19. The standard InChI is InChI=1S/C13H20N2O4S2/c1-10-9-11(3-4-12(10)13(14)20)21(17,18)15(5-7-16)6-8-19-2/h3-4,9,16H,5-8H2,1-2H3,(H2,14,20). The molecule has 0 saturated heterocycles. The molecule has 0 saturated carbocycles. The molecule has 0 bridgehead atoms. The molecule has 0 amide bonds. The van der Waals surface area contributed by atoms with E-state index in [0.29, 0.717) is 11.1 Å². The van der Waals surface area contributed by atoms with Crippen molar-refractivity contribution in [2.45, 2.75) is 11.8 Å². The molecule has 8 heteroatoms. The molecular weight excluding hydrogens is 312 g/mol. The van der Waals surface area contributed by atoms with E-state index in [2.05, 4.69) is 0 Å². The first kappa shape index (κ1) is 18.0. The Labute approximate surface area is 130 Å². The molecule has 0 unspecified atom stereocenters. The van der Waals surface area contributed by atoms with Gasteiger partial charge in [0, 0.05) is 25.8 Å². The van der Waals surface area contributed by atoms with Gasteiger partial charge in [0.05, 0.1) is 18.1 Å². The Bertz CT molecular complexity index is 602. The largest absolute Gasteiger partial charge is 0.395 e. The van der Waals surface area contributed by atoms with E-state index in [1.54, 1.807) is 13.0 Å². The summed E-state index contributed by atoms with van der Waals surface area (Å²) in [5, 5.41) is 9.04. The molecule has 0 atom stereocenters. The van der Waals surface area contributed by atoms with Gasteiger partial charge in [0.15, 0.2) is 0 Å². The summed E-state index contributed by atoms with van der Waals surface area (Å²) < 4.78 is 31.2. The average molecular weight is 332 g/mol. The number of hydrogen-bond acceptors (Lipinski definition) is 5. The minimum absolute atomic E-state index is 0.0157. The average Bonchev–Trinajstić information content (AvgIpc) is 2.42. The van der Waals surface area contributed by atoms with Crippen molar-refractivity contribution in [1.82, 2.24) is 4.31 Å². The Hall–Kier alpha value is -1.06. The van der Waals surface area contributed by atoms with Crippen LogP contribution in [0.2, 0.25) is 0 Å². The van der Waals surface area contributed by atoms with Crippen molar-refractivity contribution < 1.29 is 18.3 Å². The molecule has 21 heavy (non-hydrogen) atoms. The van der Waals surface area contributed by atoms with Crippen molar-refractivity contribution in [3.8, 4) is 0 Å². The topological polar surface area (TPSA) is 92.9 Å². The number of nitrogens with two attached hydrogens (primary N) is 1. The smallest absolute Gasteiger partial charge is 0.243 e. The second-order valence-electron chi connectivity index (χ2n) is 4.46. The molecular formula is C13H20N2O4S2. The van der Waals surface area contributed by atoms with Gasteiger partial charge in [0.2, 0.25) is 10.0 Å². The molecule has 1 rings (SSSR count). The lowest BCUT2D eigenvalue weighted by Crippen LogP contribution is -2.36. The fraction of sp³-hybridized carbons (Fsp3) is 0.462. The van der Waals surface area contributed by atoms with Crippen LogP contribution in [0.5, 0.6) is 0 Å². The normalized spacial score (nSPS) is 11.8. The van der Waals surface area contributed by atoms with Crippen LogP contribution >= 0.6 is 12.2 Å². The molecule has 0 aliphatic carbocycles. The van der Waals surface area contributed by atoms with Crippen molar-refractivity contribution in [2.75, 3.05) is 33.4 Å². The quantitative estimate of drug-likeness (QED) is 0.663. The van der Waals surface area contributed by atoms with Crippen molar-refractivity contribution in [2.24, 2.45) is 5.73 Å². The van der Waals surface area contributed by atoms with Crippen LogP contribution in [-0.2, 0) is 14.8 Å².